The molecule has 0 radical (unpaired) electrons. The van der Waals surface area contributed by atoms with Crippen molar-refractivity contribution in [2.45, 2.75) is 66.2 Å². The fourth-order valence-corrected chi connectivity index (χ4v) is 4.57. The molecule has 2 aliphatic rings. The Hall–Kier alpha value is 0. The molecule has 0 aromatic rings. The van der Waals surface area contributed by atoms with Gasteiger partial charge in [0.25, 0.3) is 0 Å². The van der Waals surface area contributed by atoms with E-state index in [9.17, 15) is 0 Å². The van der Waals surface area contributed by atoms with Crippen LogP contribution in [-0.4, -0.2) is 0 Å². The summed E-state index contributed by atoms with van der Waals surface area (Å²) in [5.41, 5.74) is 1.35. The lowest BCUT2D eigenvalue weighted by atomic mass is 9.69. The van der Waals surface area contributed by atoms with Crippen molar-refractivity contribution in [2.24, 2.45) is 22.7 Å². The summed E-state index contributed by atoms with van der Waals surface area (Å²) in [5, 5.41) is 0. The minimum absolute atomic E-state index is 0.655. The largest absolute Gasteiger partial charge is 0.0654 e. The maximum absolute atomic E-state index is 2.56. The maximum Gasteiger partial charge on any atom is -0.0290 e. The monoisotopic (exact) mass is 194 g/mol. The molecule has 0 N–H and O–H groups in total. The van der Waals surface area contributed by atoms with Crippen LogP contribution in [0.1, 0.15) is 66.2 Å². The van der Waals surface area contributed by atoms with Gasteiger partial charge in [-0.1, -0.05) is 40.5 Å². The standard InChI is InChI=1S/C14H26/c1-5-6-9-14(4)10-11-7-8-12(14)13(11,2)3/h11-12H,5-10H2,1-4H3. The van der Waals surface area contributed by atoms with Gasteiger partial charge in [0, 0.05) is 0 Å². The van der Waals surface area contributed by atoms with Gasteiger partial charge < -0.3 is 0 Å². The third-order valence-corrected chi connectivity index (χ3v) is 5.41. The molecule has 0 aromatic carbocycles. The number of hydrogen-bond acceptors (Lipinski definition) is 0. The second kappa shape index (κ2) is 3.25. The molecule has 82 valence electrons. The summed E-state index contributed by atoms with van der Waals surface area (Å²) in [6, 6.07) is 0. The molecule has 2 saturated carbocycles. The molecule has 3 atom stereocenters. The average Bonchev–Trinajstić information content (AvgIpc) is 2.50. The van der Waals surface area contributed by atoms with E-state index in [4.69, 9.17) is 0 Å². The van der Waals surface area contributed by atoms with Crippen LogP contribution < -0.4 is 0 Å². The van der Waals surface area contributed by atoms with Gasteiger partial charge in [-0.2, -0.15) is 0 Å². The topological polar surface area (TPSA) is 0 Å². The van der Waals surface area contributed by atoms with Gasteiger partial charge in [-0.05, 0) is 48.3 Å². The van der Waals surface area contributed by atoms with Crippen molar-refractivity contribution in [3.63, 3.8) is 0 Å². The number of hydrogen-bond donors (Lipinski definition) is 0. The summed E-state index contributed by atoms with van der Waals surface area (Å²) >= 11 is 0. The Bertz CT molecular complexity index is 216. The van der Waals surface area contributed by atoms with E-state index >= 15 is 0 Å². The highest BCUT2D eigenvalue weighted by Gasteiger charge is 2.58. The quantitative estimate of drug-likeness (QED) is 0.614. The van der Waals surface area contributed by atoms with E-state index in [2.05, 4.69) is 27.7 Å². The SMILES string of the molecule is CCCCC1(C)CC2CCC1C2(C)C. The summed E-state index contributed by atoms with van der Waals surface area (Å²) in [6.45, 7) is 9.93. The Morgan fingerprint density at radius 2 is 1.86 bits per heavy atom. The second-order valence-corrected chi connectivity index (χ2v) is 6.61. The van der Waals surface area contributed by atoms with Crippen LogP contribution >= 0.6 is 0 Å². The Morgan fingerprint density at radius 3 is 2.29 bits per heavy atom. The first-order valence-electron chi connectivity index (χ1n) is 6.50. The van der Waals surface area contributed by atoms with E-state index in [0.717, 1.165) is 11.8 Å². The van der Waals surface area contributed by atoms with Crippen molar-refractivity contribution in [1.29, 1.82) is 0 Å². The van der Waals surface area contributed by atoms with Crippen LogP contribution in [0, 0.1) is 22.7 Å². The van der Waals surface area contributed by atoms with E-state index in [1.807, 2.05) is 0 Å². The van der Waals surface area contributed by atoms with E-state index in [-0.39, 0.29) is 0 Å². The highest BCUT2D eigenvalue weighted by Crippen LogP contribution is 2.66. The molecule has 0 amide bonds. The lowest BCUT2D eigenvalue weighted by Crippen LogP contribution is -2.27. The molecular formula is C14H26. The van der Waals surface area contributed by atoms with Crippen molar-refractivity contribution in [3.05, 3.63) is 0 Å². The van der Waals surface area contributed by atoms with Gasteiger partial charge in [-0.15, -0.1) is 0 Å². The number of rotatable bonds is 3. The zero-order chi connectivity index (χ0) is 10.4. The van der Waals surface area contributed by atoms with Gasteiger partial charge in [-0.25, -0.2) is 0 Å². The summed E-state index contributed by atoms with van der Waals surface area (Å²) in [7, 11) is 0. The molecule has 3 unspecified atom stereocenters. The van der Waals surface area contributed by atoms with Gasteiger partial charge in [0.2, 0.25) is 0 Å². The van der Waals surface area contributed by atoms with Crippen molar-refractivity contribution in [2.75, 3.05) is 0 Å². The van der Waals surface area contributed by atoms with Gasteiger partial charge in [0.1, 0.15) is 0 Å². The smallest absolute Gasteiger partial charge is 0.0290 e. The molecule has 0 aromatic heterocycles. The lowest BCUT2D eigenvalue weighted by Gasteiger charge is -2.36. The number of fused-ring (bicyclic) bond motifs is 2. The van der Waals surface area contributed by atoms with Gasteiger partial charge >= 0.3 is 0 Å². The minimum Gasteiger partial charge on any atom is -0.0654 e. The molecule has 0 saturated heterocycles. The first-order valence-corrected chi connectivity index (χ1v) is 6.50. The van der Waals surface area contributed by atoms with Crippen LogP contribution in [-0.2, 0) is 0 Å². The summed E-state index contributed by atoms with van der Waals surface area (Å²) in [4.78, 5) is 0. The average molecular weight is 194 g/mol. The lowest BCUT2D eigenvalue weighted by molar-refractivity contribution is 0.135. The van der Waals surface area contributed by atoms with Crippen LogP contribution in [0.4, 0.5) is 0 Å². The molecule has 14 heavy (non-hydrogen) atoms. The molecule has 2 aliphatic carbocycles. The first-order chi connectivity index (χ1) is 6.50. The predicted molar refractivity (Wildman–Crippen MR) is 62.2 cm³/mol. The van der Waals surface area contributed by atoms with Crippen LogP contribution in [0.2, 0.25) is 0 Å². The van der Waals surface area contributed by atoms with Crippen molar-refractivity contribution in [1.82, 2.24) is 0 Å². The maximum atomic E-state index is 2.56. The van der Waals surface area contributed by atoms with E-state index < -0.39 is 0 Å². The van der Waals surface area contributed by atoms with E-state index in [1.165, 1.54) is 38.5 Å². The molecule has 0 heteroatoms. The van der Waals surface area contributed by atoms with Crippen molar-refractivity contribution in [3.8, 4) is 0 Å². The Kier molecular flexibility index (Phi) is 2.44. The molecule has 0 aliphatic heterocycles. The minimum atomic E-state index is 0.655. The normalized spacial score (nSPS) is 44.6. The van der Waals surface area contributed by atoms with Gasteiger partial charge in [0.15, 0.2) is 0 Å². The summed E-state index contributed by atoms with van der Waals surface area (Å²) in [5.74, 6) is 2.06. The number of unbranched alkanes of at least 4 members (excludes halogenated alkanes) is 1. The Balaban J connectivity index is 2.10. The molecule has 2 fully saturated rings. The molecule has 2 bridgehead atoms. The van der Waals surface area contributed by atoms with Crippen LogP contribution in [0.3, 0.4) is 0 Å². The second-order valence-electron chi connectivity index (χ2n) is 6.61. The van der Waals surface area contributed by atoms with E-state index in [0.29, 0.717) is 10.8 Å². The molecule has 2 rings (SSSR count). The van der Waals surface area contributed by atoms with Crippen LogP contribution in [0.5, 0.6) is 0 Å². The fraction of sp³-hybridized carbons (Fsp3) is 1.00. The van der Waals surface area contributed by atoms with Crippen LogP contribution in [0.15, 0.2) is 0 Å². The predicted octanol–water partition coefficient (Wildman–Crippen LogP) is 4.64. The van der Waals surface area contributed by atoms with Crippen molar-refractivity contribution >= 4 is 0 Å². The van der Waals surface area contributed by atoms with Gasteiger partial charge in [-0.3, -0.25) is 0 Å². The third kappa shape index (κ3) is 1.33. The van der Waals surface area contributed by atoms with Gasteiger partial charge in [0.05, 0.1) is 0 Å². The van der Waals surface area contributed by atoms with Crippen molar-refractivity contribution < 1.29 is 0 Å². The highest BCUT2D eigenvalue weighted by molar-refractivity contribution is 5.07. The van der Waals surface area contributed by atoms with E-state index in [1.54, 1.807) is 0 Å². The van der Waals surface area contributed by atoms with Crippen LogP contribution in [0.25, 0.3) is 0 Å². The fourth-order valence-electron chi connectivity index (χ4n) is 4.57. The zero-order valence-electron chi connectivity index (χ0n) is 10.4. The summed E-state index contributed by atoms with van der Waals surface area (Å²) in [6.07, 6.45) is 8.83. The molecule has 0 spiro atoms. The Morgan fingerprint density at radius 1 is 1.14 bits per heavy atom. The molecular weight excluding hydrogens is 168 g/mol. The molecule has 0 heterocycles. The zero-order valence-corrected chi connectivity index (χ0v) is 10.4. The first kappa shape index (κ1) is 10.5. The molecule has 0 nitrogen and oxygen atoms in total. The third-order valence-electron chi connectivity index (χ3n) is 5.41. The highest BCUT2D eigenvalue weighted by atomic mass is 14.6. The Labute approximate surface area is 89.5 Å². The summed E-state index contributed by atoms with van der Waals surface area (Å²) < 4.78 is 0.